The van der Waals surface area contributed by atoms with Crippen LogP contribution in [0.1, 0.15) is 22.3 Å². The van der Waals surface area contributed by atoms with E-state index in [1.807, 2.05) is 0 Å². The highest BCUT2D eigenvalue weighted by molar-refractivity contribution is 9.10. The molecule has 0 aromatic heterocycles. The molecule has 94 valence electrons. The molecule has 1 aromatic rings. The van der Waals surface area contributed by atoms with Gasteiger partial charge in [-0.15, -0.1) is 0 Å². The molecule has 0 bridgehead atoms. The van der Waals surface area contributed by atoms with Crippen LogP contribution in [0.2, 0.25) is 0 Å². The number of piperidine rings is 1. The maximum absolute atomic E-state index is 12.3. The number of carbonyl (C=O) groups is 3. The molecule has 2 rings (SSSR count). The van der Waals surface area contributed by atoms with Crippen molar-refractivity contribution in [3.8, 4) is 0 Å². The second-order valence-electron chi connectivity index (χ2n) is 4.26. The maximum atomic E-state index is 12.3. The average molecular weight is 310 g/mol. The van der Waals surface area contributed by atoms with Crippen molar-refractivity contribution < 1.29 is 14.4 Å². The molecule has 1 atom stereocenters. The van der Waals surface area contributed by atoms with Crippen molar-refractivity contribution in [2.45, 2.75) is 13.3 Å². The van der Waals surface area contributed by atoms with Crippen molar-refractivity contribution in [3.63, 3.8) is 0 Å². The molecule has 1 aliphatic heterocycles. The van der Waals surface area contributed by atoms with Crippen LogP contribution in [0, 0.1) is 12.8 Å². The zero-order valence-electron chi connectivity index (χ0n) is 9.83. The van der Waals surface area contributed by atoms with Crippen molar-refractivity contribution in [1.29, 1.82) is 0 Å². The fourth-order valence-electron chi connectivity index (χ4n) is 2.03. The van der Waals surface area contributed by atoms with E-state index in [4.69, 9.17) is 0 Å². The molecule has 18 heavy (non-hydrogen) atoms. The summed E-state index contributed by atoms with van der Waals surface area (Å²) in [5, 5.41) is 2.55. The molecule has 1 heterocycles. The van der Waals surface area contributed by atoms with Crippen LogP contribution in [0.4, 0.5) is 0 Å². The molecule has 1 unspecified atom stereocenters. The summed E-state index contributed by atoms with van der Waals surface area (Å²) in [6.07, 6.45) is 0.220. The topological polar surface area (TPSA) is 63.2 Å². The van der Waals surface area contributed by atoms with E-state index < -0.39 is 17.6 Å². The Kier molecular flexibility index (Phi) is 3.61. The van der Waals surface area contributed by atoms with E-state index in [1.54, 1.807) is 25.1 Å². The zero-order valence-corrected chi connectivity index (χ0v) is 11.4. The van der Waals surface area contributed by atoms with Gasteiger partial charge in [-0.1, -0.05) is 15.9 Å². The molecule has 1 fully saturated rings. The summed E-state index contributed by atoms with van der Waals surface area (Å²) in [5.41, 5.74) is 1.18. The van der Waals surface area contributed by atoms with Crippen molar-refractivity contribution in [1.82, 2.24) is 5.32 Å². The van der Waals surface area contributed by atoms with Crippen molar-refractivity contribution in [3.05, 3.63) is 33.8 Å². The van der Waals surface area contributed by atoms with E-state index >= 15 is 0 Å². The monoisotopic (exact) mass is 309 g/mol. The molecular weight excluding hydrogens is 298 g/mol. The first-order valence-corrected chi connectivity index (χ1v) is 6.41. The van der Waals surface area contributed by atoms with Crippen molar-refractivity contribution in [2.24, 2.45) is 5.92 Å². The molecule has 0 radical (unpaired) electrons. The van der Waals surface area contributed by atoms with E-state index in [0.717, 1.165) is 10.0 Å². The van der Waals surface area contributed by atoms with Gasteiger partial charge in [0.2, 0.25) is 5.91 Å². The lowest BCUT2D eigenvalue weighted by Gasteiger charge is -2.20. The Morgan fingerprint density at radius 3 is 2.72 bits per heavy atom. The van der Waals surface area contributed by atoms with E-state index in [0.29, 0.717) is 12.1 Å². The third-order valence-corrected chi connectivity index (χ3v) is 3.46. The van der Waals surface area contributed by atoms with Crippen LogP contribution < -0.4 is 5.32 Å². The van der Waals surface area contributed by atoms with Crippen LogP contribution in [-0.4, -0.2) is 24.0 Å². The van der Waals surface area contributed by atoms with Crippen LogP contribution in [-0.2, 0) is 9.59 Å². The van der Waals surface area contributed by atoms with Crippen LogP contribution in [0.15, 0.2) is 22.7 Å². The van der Waals surface area contributed by atoms with Gasteiger partial charge in [0.05, 0.1) is 0 Å². The first-order chi connectivity index (χ1) is 8.50. The minimum absolute atomic E-state index is 0.220. The lowest BCUT2D eigenvalue weighted by atomic mass is 9.87. The molecule has 1 N–H and O–H groups in total. The fraction of sp³-hybridized carbons (Fsp3) is 0.308. The molecule has 0 aliphatic carbocycles. The number of Topliss-reactive ketones (excluding diaryl/α,β-unsaturated/α-hetero) is 2. The Balaban J connectivity index is 2.35. The number of benzene rings is 1. The maximum Gasteiger partial charge on any atom is 0.238 e. The quantitative estimate of drug-likeness (QED) is 0.667. The number of aryl methyl sites for hydroxylation is 1. The lowest BCUT2D eigenvalue weighted by Crippen LogP contribution is -2.46. The third kappa shape index (κ3) is 2.36. The Morgan fingerprint density at radius 2 is 2.11 bits per heavy atom. The van der Waals surface area contributed by atoms with Gasteiger partial charge in [0.25, 0.3) is 0 Å². The minimum atomic E-state index is -1.18. The molecule has 1 amide bonds. The van der Waals surface area contributed by atoms with Gasteiger partial charge < -0.3 is 5.32 Å². The normalized spacial score (nSPS) is 19.6. The largest absolute Gasteiger partial charge is 0.355 e. The SMILES string of the molecule is Cc1cc(Br)ccc1C(=O)C1C(=O)CCNC1=O. The summed E-state index contributed by atoms with van der Waals surface area (Å²) in [6, 6.07) is 5.15. The van der Waals surface area contributed by atoms with E-state index in [9.17, 15) is 14.4 Å². The summed E-state index contributed by atoms with van der Waals surface area (Å²) in [5.74, 6) is -2.38. The summed E-state index contributed by atoms with van der Waals surface area (Å²) in [7, 11) is 0. The molecule has 1 saturated heterocycles. The Bertz CT molecular complexity index is 523. The highest BCUT2D eigenvalue weighted by Crippen LogP contribution is 2.21. The van der Waals surface area contributed by atoms with Gasteiger partial charge in [-0.3, -0.25) is 14.4 Å². The van der Waals surface area contributed by atoms with Gasteiger partial charge in [0.1, 0.15) is 0 Å². The molecule has 4 nitrogen and oxygen atoms in total. The van der Waals surface area contributed by atoms with Crippen molar-refractivity contribution in [2.75, 3.05) is 6.54 Å². The lowest BCUT2D eigenvalue weighted by molar-refractivity contribution is -0.134. The highest BCUT2D eigenvalue weighted by atomic mass is 79.9. The third-order valence-electron chi connectivity index (χ3n) is 2.97. The molecule has 0 saturated carbocycles. The predicted molar refractivity (Wildman–Crippen MR) is 69.3 cm³/mol. The van der Waals surface area contributed by atoms with Crippen LogP contribution in [0.3, 0.4) is 0 Å². The molecule has 0 spiro atoms. The van der Waals surface area contributed by atoms with Gasteiger partial charge in [0.15, 0.2) is 17.5 Å². The summed E-state index contributed by atoms with van der Waals surface area (Å²) in [4.78, 5) is 35.6. The smallest absolute Gasteiger partial charge is 0.238 e. The van der Waals surface area contributed by atoms with E-state index in [1.165, 1.54) is 0 Å². The highest BCUT2D eigenvalue weighted by Gasteiger charge is 2.37. The van der Waals surface area contributed by atoms with Gasteiger partial charge in [0, 0.05) is 23.0 Å². The standard InChI is InChI=1S/C13H12BrNO3/c1-7-6-8(14)2-3-9(7)12(17)11-10(16)4-5-15-13(11)18/h2-3,6,11H,4-5H2,1H3,(H,15,18). The van der Waals surface area contributed by atoms with Crippen LogP contribution in [0.5, 0.6) is 0 Å². The van der Waals surface area contributed by atoms with Gasteiger partial charge in [-0.25, -0.2) is 0 Å². The number of nitrogens with one attached hydrogen (secondary N) is 1. The average Bonchev–Trinajstić information content (AvgIpc) is 2.28. The second-order valence-corrected chi connectivity index (χ2v) is 5.18. The number of halogens is 1. The number of hydrogen-bond acceptors (Lipinski definition) is 3. The zero-order chi connectivity index (χ0) is 13.3. The predicted octanol–water partition coefficient (Wildman–Crippen LogP) is 1.65. The minimum Gasteiger partial charge on any atom is -0.355 e. The first kappa shape index (κ1) is 13.0. The summed E-state index contributed by atoms with van der Waals surface area (Å²) >= 11 is 3.31. The number of ketones is 2. The Hall–Kier alpha value is -1.49. The van der Waals surface area contributed by atoms with Crippen LogP contribution >= 0.6 is 15.9 Å². The Morgan fingerprint density at radius 1 is 1.39 bits per heavy atom. The van der Waals surface area contributed by atoms with Gasteiger partial charge in [-0.2, -0.15) is 0 Å². The van der Waals surface area contributed by atoms with Crippen molar-refractivity contribution >= 4 is 33.4 Å². The van der Waals surface area contributed by atoms with E-state index in [-0.39, 0.29) is 12.2 Å². The second kappa shape index (κ2) is 5.02. The number of amides is 1. The molecular formula is C13H12BrNO3. The summed E-state index contributed by atoms with van der Waals surface area (Å²) in [6.45, 7) is 2.10. The summed E-state index contributed by atoms with van der Waals surface area (Å²) < 4.78 is 0.857. The van der Waals surface area contributed by atoms with E-state index in [2.05, 4.69) is 21.2 Å². The molecule has 5 heteroatoms. The number of carbonyl (C=O) groups excluding carboxylic acids is 3. The molecule has 1 aliphatic rings. The fourth-order valence-corrected chi connectivity index (χ4v) is 2.50. The molecule has 1 aromatic carbocycles. The Labute approximate surface area is 113 Å². The first-order valence-electron chi connectivity index (χ1n) is 5.61. The number of hydrogen-bond donors (Lipinski definition) is 1. The van der Waals surface area contributed by atoms with Gasteiger partial charge in [-0.05, 0) is 30.7 Å². The van der Waals surface area contributed by atoms with Crippen LogP contribution in [0.25, 0.3) is 0 Å². The number of rotatable bonds is 2. The van der Waals surface area contributed by atoms with Gasteiger partial charge >= 0.3 is 0 Å².